The summed E-state index contributed by atoms with van der Waals surface area (Å²) < 4.78 is 37.0. The van der Waals surface area contributed by atoms with E-state index in [1.54, 1.807) is 13.8 Å². The zero-order chi connectivity index (χ0) is 13.3. The number of carbonyl (C=O) groups is 1. The molecule has 0 spiro atoms. The lowest BCUT2D eigenvalue weighted by Gasteiger charge is -2.23. The molecule has 1 amide bonds. The van der Waals surface area contributed by atoms with Gasteiger partial charge < -0.3 is 0 Å². The van der Waals surface area contributed by atoms with Gasteiger partial charge in [-0.3, -0.25) is 10.2 Å². The molecular weight excluding hydrogens is 233 g/mol. The summed E-state index contributed by atoms with van der Waals surface area (Å²) in [5.41, 5.74) is 0.735. The van der Waals surface area contributed by atoms with Crippen molar-refractivity contribution in [2.24, 2.45) is 5.84 Å². The molecule has 3 N–H and O–H groups in total. The molecule has 1 aromatic rings. The number of alkyl halides is 3. The number of halogens is 3. The number of carbonyl (C=O) groups excluding carboxylic acids is 1. The first kappa shape index (κ1) is 13.5. The largest absolute Gasteiger partial charge is 0.416 e. The number of nitrogens with one attached hydrogen (secondary N) is 1. The molecular formula is C11H13F3N2O. The van der Waals surface area contributed by atoms with E-state index in [-0.39, 0.29) is 0 Å². The molecule has 17 heavy (non-hydrogen) atoms. The molecule has 0 aliphatic heterocycles. The number of rotatable bonds is 2. The fourth-order valence-corrected chi connectivity index (χ4v) is 1.39. The molecule has 94 valence electrons. The first-order valence-corrected chi connectivity index (χ1v) is 4.88. The van der Waals surface area contributed by atoms with Crippen molar-refractivity contribution < 1.29 is 18.0 Å². The summed E-state index contributed by atoms with van der Waals surface area (Å²) in [6, 6.07) is 4.44. The Morgan fingerprint density at radius 3 is 1.88 bits per heavy atom. The first-order valence-electron chi connectivity index (χ1n) is 4.88. The summed E-state index contributed by atoms with van der Waals surface area (Å²) in [6.45, 7) is 3.16. The summed E-state index contributed by atoms with van der Waals surface area (Å²) in [7, 11) is 0. The number of hydrogen-bond acceptors (Lipinski definition) is 2. The second kappa shape index (κ2) is 4.37. The van der Waals surface area contributed by atoms with E-state index in [9.17, 15) is 18.0 Å². The number of nitrogens with two attached hydrogens (primary N) is 1. The maximum atomic E-state index is 12.3. The normalized spacial score (nSPS) is 12.4. The number of hydrazine groups is 1. The lowest BCUT2D eigenvalue weighted by atomic mass is 9.83. The Balaban J connectivity index is 3.07. The van der Waals surface area contributed by atoms with Crippen molar-refractivity contribution >= 4 is 5.91 Å². The van der Waals surface area contributed by atoms with Crippen LogP contribution in [0.15, 0.2) is 24.3 Å². The summed E-state index contributed by atoms with van der Waals surface area (Å²) in [4.78, 5) is 11.5. The maximum absolute atomic E-state index is 12.3. The van der Waals surface area contributed by atoms with Crippen LogP contribution in [0.1, 0.15) is 25.0 Å². The maximum Gasteiger partial charge on any atom is 0.416 e. The molecule has 0 aromatic heterocycles. The van der Waals surface area contributed by atoms with Crippen LogP contribution in [0.3, 0.4) is 0 Å². The SMILES string of the molecule is CC(C)(C(=O)NN)c1ccc(C(F)(F)F)cc1. The van der Waals surface area contributed by atoms with Gasteiger partial charge in [0.25, 0.3) is 0 Å². The lowest BCUT2D eigenvalue weighted by Crippen LogP contribution is -2.43. The molecule has 0 saturated carbocycles. The van der Waals surface area contributed by atoms with Crippen LogP contribution in [0, 0.1) is 0 Å². The van der Waals surface area contributed by atoms with Crippen LogP contribution in [0.2, 0.25) is 0 Å². The molecule has 0 heterocycles. The van der Waals surface area contributed by atoms with Crippen LogP contribution < -0.4 is 11.3 Å². The van der Waals surface area contributed by atoms with E-state index in [1.807, 2.05) is 5.43 Å². The highest BCUT2D eigenvalue weighted by Crippen LogP contribution is 2.31. The molecule has 0 aliphatic carbocycles. The Morgan fingerprint density at radius 1 is 1.12 bits per heavy atom. The summed E-state index contributed by atoms with van der Waals surface area (Å²) in [6.07, 6.45) is -4.38. The summed E-state index contributed by atoms with van der Waals surface area (Å²) in [5.74, 6) is 4.55. The van der Waals surface area contributed by atoms with Gasteiger partial charge in [0, 0.05) is 0 Å². The first-order chi connectivity index (χ1) is 7.69. The number of hydrogen-bond donors (Lipinski definition) is 2. The van der Waals surface area contributed by atoms with E-state index in [4.69, 9.17) is 5.84 Å². The van der Waals surface area contributed by atoms with Crippen LogP contribution in [0.5, 0.6) is 0 Å². The van der Waals surface area contributed by atoms with Crippen LogP contribution in [0.25, 0.3) is 0 Å². The summed E-state index contributed by atoms with van der Waals surface area (Å²) >= 11 is 0. The molecule has 0 radical (unpaired) electrons. The van der Waals surface area contributed by atoms with Gasteiger partial charge in [-0.15, -0.1) is 0 Å². The average Bonchev–Trinajstić information content (AvgIpc) is 2.27. The predicted octanol–water partition coefficient (Wildman–Crippen LogP) is 1.97. The molecule has 3 nitrogen and oxygen atoms in total. The highest BCUT2D eigenvalue weighted by molar-refractivity contribution is 5.86. The number of amides is 1. The minimum absolute atomic E-state index is 0.461. The van der Waals surface area contributed by atoms with Crippen molar-refractivity contribution in [1.82, 2.24) is 5.43 Å². The highest BCUT2D eigenvalue weighted by Gasteiger charge is 2.33. The van der Waals surface area contributed by atoms with E-state index < -0.39 is 23.1 Å². The summed E-state index contributed by atoms with van der Waals surface area (Å²) in [5, 5.41) is 0. The third-order valence-electron chi connectivity index (χ3n) is 2.63. The molecule has 1 aromatic carbocycles. The zero-order valence-corrected chi connectivity index (χ0v) is 9.43. The van der Waals surface area contributed by atoms with Gasteiger partial charge in [0.1, 0.15) is 0 Å². The number of benzene rings is 1. The van der Waals surface area contributed by atoms with Crippen LogP contribution in [0.4, 0.5) is 13.2 Å². The van der Waals surface area contributed by atoms with Gasteiger partial charge in [0.15, 0.2) is 0 Å². The zero-order valence-electron chi connectivity index (χ0n) is 9.43. The van der Waals surface area contributed by atoms with Crippen molar-refractivity contribution in [1.29, 1.82) is 0 Å². The topological polar surface area (TPSA) is 55.1 Å². The third kappa shape index (κ3) is 2.76. The van der Waals surface area contributed by atoms with Gasteiger partial charge in [-0.1, -0.05) is 12.1 Å². The van der Waals surface area contributed by atoms with Gasteiger partial charge in [0.2, 0.25) is 5.91 Å². The molecule has 0 unspecified atom stereocenters. The van der Waals surface area contributed by atoms with E-state index in [1.165, 1.54) is 12.1 Å². The minimum atomic E-state index is -4.38. The molecule has 6 heteroatoms. The van der Waals surface area contributed by atoms with Crippen molar-refractivity contribution in [2.75, 3.05) is 0 Å². The van der Waals surface area contributed by atoms with E-state index in [0.717, 1.165) is 12.1 Å². The van der Waals surface area contributed by atoms with Crippen molar-refractivity contribution in [3.05, 3.63) is 35.4 Å². The highest BCUT2D eigenvalue weighted by atomic mass is 19.4. The Morgan fingerprint density at radius 2 is 1.53 bits per heavy atom. The smallest absolute Gasteiger partial charge is 0.294 e. The Hall–Kier alpha value is -1.56. The quantitative estimate of drug-likeness (QED) is 0.476. The van der Waals surface area contributed by atoms with Gasteiger partial charge in [-0.2, -0.15) is 13.2 Å². The Kier molecular flexibility index (Phi) is 3.47. The predicted molar refractivity (Wildman–Crippen MR) is 56.8 cm³/mol. The second-order valence-corrected chi connectivity index (χ2v) is 4.17. The molecule has 0 atom stereocenters. The monoisotopic (exact) mass is 246 g/mol. The third-order valence-corrected chi connectivity index (χ3v) is 2.63. The second-order valence-electron chi connectivity index (χ2n) is 4.17. The van der Waals surface area contributed by atoms with E-state index in [2.05, 4.69) is 0 Å². The molecule has 1 rings (SSSR count). The molecule has 0 fully saturated rings. The van der Waals surface area contributed by atoms with E-state index in [0.29, 0.717) is 5.56 Å². The van der Waals surface area contributed by atoms with Crippen LogP contribution in [-0.2, 0) is 16.4 Å². The van der Waals surface area contributed by atoms with Crippen molar-refractivity contribution in [3.8, 4) is 0 Å². The van der Waals surface area contributed by atoms with Crippen molar-refractivity contribution in [2.45, 2.75) is 25.4 Å². The van der Waals surface area contributed by atoms with E-state index >= 15 is 0 Å². The minimum Gasteiger partial charge on any atom is -0.294 e. The Bertz CT molecular complexity index is 410. The van der Waals surface area contributed by atoms with Crippen LogP contribution in [-0.4, -0.2) is 5.91 Å². The fourth-order valence-electron chi connectivity index (χ4n) is 1.39. The average molecular weight is 246 g/mol. The van der Waals surface area contributed by atoms with Gasteiger partial charge >= 0.3 is 6.18 Å². The van der Waals surface area contributed by atoms with Crippen molar-refractivity contribution in [3.63, 3.8) is 0 Å². The molecule has 0 saturated heterocycles. The fraction of sp³-hybridized carbons (Fsp3) is 0.364. The van der Waals surface area contributed by atoms with Gasteiger partial charge in [-0.05, 0) is 31.5 Å². The van der Waals surface area contributed by atoms with Gasteiger partial charge in [-0.25, -0.2) is 5.84 Å². The molecule has 0 bridgehead atoms. The standard InChI is InChI=1S/C11H13F3N2O/c1-10(2,9(17)16-15)7-3-5-8(6-4-7)11(12,13)14/h3-6H,15H2,1-2H3,(H,16,17). The molecule has 0 aliphatic rings. The van der Waals surface area contributed by atoms with Gasteiger partial charge in [0.05, 0.1) is 11.0 Å². The lowest BCUT2D eigenvalue weighted by molar-refractivity contribution is -0.137. The van der Waals surface area contributed by atoms with Crippen LogP contribution >= 0.6 is 0 Å². The Labute approximate surface area is 96.8 Å².